The van der Waals surface area contributed by atoms with Crippen molar-refractivity contribution in [3.8, 4) is 0 Å². The highest BCUT2D eigenvalue weighted by Gasteiger charge is 2.24. The Labute approximate surface area is 87.8 Å². The lowest BCUT2D eigenvalue weighted by Gasteiger charge is -2.21. The third-order valence-corrected chi connectivity index (χ3v) is 2.54. The SMILES string of the molecule is O=C(Cl)N1CC=CC1c1ccccc1. The van der Waals surface area contributed by atoms with Gasteiger partial charge in [0, 0.05) is 6.54 Å². The van der Waals surface area contributed by atoms with E-state index in [9.17, 15) is 4.79 Å². The van der Waals surface area contributed by atoms with E-state index in [4.69, 9.17) is 11.6 Å². The summed E-state index contributed by atoms with van der Waals surface area (Å²) in [6.07, 6.45) is 3.95. The van der Waals surface area contributed by atoms with E-state index in [0.29, 0.717) is 6.54 Å². The molecule has 1 amide bonds. The van der Waals surface area contributed by atoms with Gasteiger partial charge in [0.1, 0.15) is 0 Å². The van der Waals surface area contributed by atoms with Crippen LogP contribution in [0.3, 0.4) is 0 Å². The summed E-state index contributed by atoms with van der Waals surface area (Å²) in [5.74, 6) is 0. The number of rotatable bonds is 1. The van der Waals surface area contributed by atoms with Gasteiger partial charge in [-0.05, 0) is 17.2 Å². The van der Waals surface area contributed by atoms with E-state index in [0.717, 1.165) is 5.56 Å². The van der Waals surface area contributed by atoms with Gasteiger partial charge >= 0.3 is 5.37 Å². The molecule has 1 unspecified atom stereocenters. The van der Waals surface area contributed by atoms with E-state index in [-0.39, 0.29) is 6.04 Å². The molecular weight excluding hydrogens is 198 g/mol. The van der Waals surface area contributed by atoms with Crippen molar-refractivity contribution >= 4 is 17.0 Å². The van der Waals surface area contributed by atoms with Crippen molar-refractivity contribution in [1.82, 2.24) is 4.90 Å². The molecule has 0 saturated heterocycles. The van der Waals surface area contributed by atoms with Crippen molar-refractivity contribution < 1.29 is 4.79 Å². The molecule has 14 heavy (non-hydrogen) atoms. The van der Waals surface area contributed by atoms with E-state index in [2.05, 4.69) is 0 Å². The highest BCUT2D eigenvalue weighted by Crippen LogP contribution is 2.27. The fourth-order valence-electron chi connectivity index (χ4n) is 1.64. The van der Waals surface area contributed by atoms with Crippen LogP contribution >= 0.6 is 11.6 Å². The van der Waals surface area contributed by atoms with Crippen LogP contribution in [0, 0.1) is 0 Å². The molecule has 0 aromatic heterocycles. The Kier molecular flexibility index (Phi) is 2.55. The number of carbonyl (C=O) groups is 1. The standard InChI is InChI=1S/C11H10ClNO/c12-11(14)13-8-4-7-10(13)9-5-2-1-3-6-9/h1-7,10H,8H2. The van der Waals surface area contributed by atoms with Gasteiger partial charge in [-0.25, -0.2) is 0 Å². The van der Waals surface area contributed by atoms with E-state index in [1.807, 2.05) is 42.5 Å². The minimum Gasteiger partial charge on any atom is -0.315 e. The van der Waals surface area contributed by atoms with Crippen molar-refractivity contribution in [2.24, 2.45) is 0 Å². The second-order valence-corrected chi connectivity index (χ2v) is 3.51. The summed E-state index contributed by atoms with van der Waals surface area (Å²) in [6, 6.07) is 9.85. The molecule has 1 aromatic carbocycles. The molecule has 0 fully saturated rings. The first-order valence-electron chi connectivity index (χ1n) is 4.47. The predicted octanol–water partition coefficient (Wildman–Crippen LogP) is 2.96. The lowest BCUT2D eigenvalue weighted by molar-refractivity contribution is 0.221. The molecule has 2 nitrogen and oxygen atoms in total. The van der Waals surface area contributed by atoms with Crippen LogP contribution in [0.2, 0.25) is 0 Å². The average Bonchev–Trinajstić information content (AvgIpc) is 2.67. The average molecular weight is 208 g/mol. The second-order valence-electron chi connectivity index (χ2n) is 3.19. The third kappa shape index (κ3) is 1.66. The number of amides is 1. The van der Waals surface area contributed by atoms with E-state index in [1.165, 1.54) is 0 Å². The molecule has 1 atom stereocenters. The largest absolute Gasteiger partial charge is 0.317 e. The molecule has 1 aromatic rings. The van der Waals surface area contributed by atoms with Crippen LogP contribution in [0.1, 0.15) is 11.6 Å². The van der Waals surface area contributed by atoms with Crippen molar-refractivity contribution in [3.63, 3.8) is 0 Å². The fraction of sp³-hybridized carbons (Fsp3) is 0.182. The first kappa shape index (κ1) is 9.28. The molecule has 0 saturated carbocycles. The third-order valence-electron chi connectivity index (χ3n) is 2.32. The van der Waals surface area contributed by atoms with Crippen LogP contribution in [0.25, 0.3) is 0 Å². The second kappa shape index (κ2) is 3.84. The van der Waals surface area contributed by atoms with Gasteiger partial charge in [0.2, 0.25) is 0 Å². The number of nitrogens with zero attached hydrogens (tertiary/aromatic N) is 1. The normalized spacial score (nSPS) is 20.1. The maximum absolute atomic E-state index is 11.1. The molecule has 1 aliphatic heterocycles. The smallest absolute Gasteiger partial charge is 0.315 e. The summed E-state index contributed by atoms with van der Waals surface area (Å²) in [5.41, 5.74) is 1.09. The number of benzene rings is 1. The minimum absolute atomic E-state index is 0.00111. The maximum Gasteiger partial charge on any atom is 0.317 e. The van der Waals surface area contributed by atoms with Gasteiger partial charge in [0.05, 0.1) is 6.04 Å². The Morgan fingerprint density at radius 1 is 1.36 bits per heavy atom. The molecule has 3 heteroatoms. The molecule has 0 radical (unpaired) electrons. The number of hydrogen-bond acceptors (Lipinski definition) is 1. The van der Waals surface area contributed by atoms with Crippen LogP contribution in [0.5, 0.6) is 0 Å². The zero-order chi connectivity index (χ0) is 9.97. The fourth-order valence-corrected chi connectivity index (χ4v) is 1.82. The Hall–Kier alpha value is -1.28. The molecule has 1 heterocycles. The Balaban J connectivity index is 2.26. The monoisotopic (exact) mass is 207 g/mol. The van der Waals surface area contributed by atoms with Crippen molar-refractivity contribution in [1.29, 1.82) is 0 Å². The molecule has 2 rings (SSSR count). The molecule has 0 aliphatic carbocycles. The zero-order valence-corrected chi connectivity index (χ0v) is 8.32. The number of halogens is 1. The van der Waals surface area contributed by atoms with Gasteiger partial charge in [-0.1, -0.05) is 42.5 Å². The van der Waals surface area contributed by atoms with Gasteiger partial charge < -0.3 is 4.90 Å². The Morgan fingerprint density at radius 3 is 2.71 bits per heavy atom. The van der Waals surface area contributed by atoms with Gasteiger partial charge in [-0.2, -0.15) is 0 Å². The maximum atomic E-state index is 11.1. The van der Waals surface area contributed by atoms with E-state index < -0.39 is 5.37 Å². The van der Waals surface area contributed by atoms with Gasteiger partial charge in [0.15, 0.2) is 0 Å². The lowest BCUT2D eigenvalue weighted by atomic mass is 10.1. The summed E-state index contributed by atoms with van der Waals surface area (Å²) in [7, 11) is 0. The Bertz CT molecular complexity index is 361. The van der Waals surface area contributed by atoms with Crippen LogP contribution in [0.4, 0.5) is 4.79 Å². The van der Waals surface area contributed by atoms with Crippen LogP contribution in [0.15, 0.2) is 42.5 Å². The highest BCUT2D eigenvalue weighted by molar-refractivity contribution is 6.62. The molecule has 0 bridgehead atoms. The summed E-state index contributed by atoms with van der Waals surface area (Å²) in [6.45, 7) is 0.599. The van der Waals surface area contributed by atoms with E-state index in [1.54, 1.807) is 4.90 Å². The molecule has 72 valence electrons. The van der Waals surface area contributed by atoms with Crippen LogP contribution < -0.4 is 0 Å². The molecule has 0 N–H and O–H groups in total. The lowest BCUT2D eigenvalue weighted by Crippen LogP contribution is -2.26. The van der Waals surface area contributed by atoms with Crippen LogP contribution in [-0.4, -0.2) is 16.8 Å². The minimum atomic E-state index is -0.399. The first-order valence-corrected chi connectivity index (χ1v) is 4.84. The highest BCUT2D eigenvalue weighted by atomic mass is 35.5. The number of carbonyl (C=O) groups excluding carboxylic acids is 1. The van der Waals surface area contributed by atoms with Crippen molar-refractivity contribution in [3.05, 3.63) is 48.0 Å². The van der Waals surface area contributed by atoms with Crippen molar-refractivity contribution in [2.45, 2.75) is 6.04 Å². The van der Waals surface area contributed by atoms with E-state index >= 15 is 0 Å². The predicted molar refractivity (Wildman–Crippen MR) is 56.3 cm³/mol. The van der Waals surface area contributed by atoms with Gasteiger partial charge in [-0.3, -0.25) is 4.79 Å². The summed E-state index contributed by atoms with van der Waals surface area (Å²) in [5, 5.41) is -0.399. The van der Waals surface area contributed by atoms with Gasteiger partial charge in [-0.15, -0.1) is 0 Å². The Morgan fingerprint density at radius 2 is 2.07 bits per heavy atom. The molecule has 0 spiro atoms. The first-order chi connectivity index (χ1) is 6.79. The summed E-state index contributed by atoms with van der Waals surface area (Å²) >= 11 is 5.48. The summed E-state index contributed by atoms with van der Waals surface area (Å²) < 4.78 is 0. The van der Waals surface area contributed by atoms with Gasteiger partial charge in [0.25, 0.3) is 0 Å². The van der Waals surface area contributed by atoms with Crippen molar-refractivity contribution in [2.75, 3.05) is 6.54 Å². The van der Waals surface area contributed by atoms with Crippen LogP contribution in [-0.2, 0) is 0 Å². The number of hydrogen-bond donors (Lipinski definition) is 0. The molecular formula is C11H10ClNO. The topological polar surface area (TPSA) is 20.3 Å². The molecule has 1 aliphatic rings. The summed E-state index contributed by atoms with van der Waals surface area (Å²) in [4.78, 5) is 12.7. The zero-order valence-electron chi connectivity index (χ0n) is 7.56. The quantitative estimate of drug-likeness (QED) is 0.394.